The third kappa shape index (κ3) is 3.71. The molecule has 106 valence electrons. The molecule has 0 unspecified atom stereocenters. The topological polar surface area (TPSA) is 46.2 Å². The third-order valence-corrected chi connectivity index (χ3v) is 5.78. The zero-order valence-corrected chi connectivity index (χ0v) is 13.7. The Labute approximate surface area is 138 Å². The molecule has 0 bridgehead atoms. The second-order valence-corrected chi connectivity index (χ2v) is 8.01. The highest BCUT2D eigenvalue weighted by atomic mass is 35.5. The Kier molecular flexibility index (Phi) is 4.40. The van der Waals surface area contributed by atoms with Gasteiger partial charge in [-0.2, -0.15) is 0 Å². The molecule has 1 N–H and O–H groups in total. The largest absolute Gasteiger partial charge is 0.290 e. The summed E-state index contributed by atoms with van der Waals surface area (Å²) in [6.07, 6.45) is 1.74. The molecule has 1 aliphatic heterocycles. The fraction of sp³-hybridized carbons (Fsp3) is 0. The van der Waals surface area contributed by atoms with Gasteiger partial charge in [0.2, 0.25) is 0 Å². The van der Waals surface area contributed by atoms with Crippen LogP contribution in [-0.4, -0.2) is 11.1 Å². The van der Waals surface area contributed by atoms with Crippen molar-refractivity contribution in [1.82, 2.24) is 5.32 Å². The summed E-state index contributed by atoms with van der Waals surface area (Å²) >= 11 is 9.99. The fourth-order valence-corrected chi connectivity index (χ4v) is 4.58. The molecule has 2 amide bonds. The second-order valence-electron chi connectivity index (χ2n) is 4.07. The van der Waals surface area contributed by atoms with E-state index in [1.54, 1.807) is 29.2 Å². The Morgan fingerprint density at radius 2 is 1.86 bits per heavy atom. The zero-order chi connectivity index (χ0) is 14.8. The quantitative estimate of drug-likeness (QED) is 0.799. The Balaban J connectivity index is 1.74. The molecule has 1 fully saturated rings. The number of thiophene rings is 1. The molecule has 1 aliphatic rings. The molecule has 7 heteroatoms. The van der Waals surface area contributed by atoms with Gasteiger partial charge in [-0.15, -0.1) is 11.3 Å². The van der Waals surface area contributed by atoms with Crippen molar-refractivity contribution < 1.29 is 9.59 Å². The van der Waals surface area contributed by atoms with Gasteiger partial charge < -0.3 is 0 Å². The van der Waals surface area contributed by atoms with Gasteiger partial charge in [0.15, 0.2) is 0 Å². The standard InChI is InChI=1S/C14H8ClNO2S3/c15-8-1-3-9(4-2-8)19-12-6-5-10(20-12)7-11-13(17)16-14(18)21-11/h1-7H,(H,16,17,18)/b11-7-. The second kappa shape index (κ2) is 6.27. The summed E-state index contributed by atoms with van der Waals surface area (Å²) in [6, 6.07) is 11.6. The molecule has 0 spiro atoms. The monoisotopic (exact) mass is 353 g/mol. The Morgan fingerprint density at radius 3 is 2.52 bits per heavy atom. The number of amides is 2. The van der Waals surface area contributed by atoms with Crippen molar-refractivity contribution >= 4 is 63.7 Å². The summed E-state index contributed by atoms with van der Waals surface area (Å²) in [5.74, 6) is -0.328. The average molecular weight is 354 g/mol. The van der Waals surface area contributed by atoms with E-state index in [0.717, 1.165) is 25.7 Å². The molecule has 3 rings (SSSR count). The molecule has 0 saturated carbocycles. The fourth-order valence-electron chi connectivity index (χ4n) is 1.64. The predicted octanol–water partition coefficient (Wildman–Crippen LogP) is 4.88. The van der Waals surface area contributed by atoms with Gasteiger partial charge in [-0.25, -0.2) is 0 Å². The summed E-state index contributed by atoms with van der Waals surface area (Å²) in [6.45, 7) is 0. The van der Waals surface area contributed by atoms with Crippen molar-refractivity contribution in [2.45, 2.75) is 9.10 Å². The van der Waals surface area contributed by atoms with E-state index in [0.29, 0.717) is 9.93 Å². The van der Waals surface area contributed by atoms with Gasteiger partial charge in [0.1, 0.15) is 0 Å². The smallest absolute Gasteiger partial charge is 0.282 e. The average Bonchev–Trinajstić information content (AvgIpc) is 3.00. The van der Waals surface area contributed by atoms with Crippen LogP contribution in [0.1, 0.15) is 4.88 Å². The number of hydrogen-bond donors (Lipinski definition) is 1. The first-order valence-corrected chi connectivity index (χ1v) is 8.71. The molecule has 0 atom stereocenters. The van der Waals surface area contributed by atoms with Crippen LogP contribution in [-0.2, 0) is 4.79 Å². The lowest BCUT2D eigenvalue weighted by atomic mass is 10.4. The zero-order valence-electron chi connectivity index (χ0n) is 10.5. The molecule has 2 aromatic rings. The van der Waals surface area contributed by atoms with E-state index in [-0.39, 0.29) is 11.1 Å². The lowest BCUT2D eigenvalue weighted by Gasteiger charge is -1.97. The van der Waals surface area contributed by atoms with Gasteiger partial charge in [-0.05, 0) is 54.2 Å². The first-order valence-electron chi connectivity index (χ1n) is 5.88. The Morgan fingerprint density at radius 1 is 1.10 bits per heavy atom. The van der Waals surface area contributed by atoms with Gasteiger partial charge in [-0.3, -0.25) is 14.9 Å². The number of halogens is 1. The molecule has 3 nitrogen and oxygen atoms in total. The van der Waals surface area contributed by atoms with Crippen LogP contribution in [0.3, 0.4) is 0 Å². The van der Waals surface area contributed by atoms with Crippen LogP contribution in [0.25, 0.3) is 6.08 Å². The summed E-state index contributed by atoms with van der Waals surface area (Å²) in [7, 11) is 0. The van der Waals surface area contributed by atoms with E-state index in [4.69, 9.17) is 11.6 Å². The summed E-state index contributed by atoms with van der Waals surface area (Å²) < 4.78 is 1.11. The van der Waals surface area contributed by atoms with Crippen LogP contribution >= 0.6 is 46.5 Å². The van der Waals surface area contributed by atoms with Gasteiger partial charge >= 0.3 is 0 Å². The van der Waals surface area contributed by atoms with E-state index in [2.05, 4.69) is 5.32 Å². The maximum Gasteiger partial charge on any atom is 0.290 e. The minimum absolute atomic E-state index is 0.321. The highest BCUT2D eigenvalue weighted by Crippen LogP contribution is 2.36. The van der Waals surface area contributed by atoms with E-state index in [1.807, 2.05) is 36.4 Å². The number of hydrogen-bond acceptors (Lipinski definition) is 5. The normalized spacial score (nSPS) is 16.5. The highest BCUT2D eigenvalue weighted by molar-refractivity contribution is 8.18. The lowest BCUT2D eigenvalue weighted by molar-refractivity contribution is -0.115. The van der Waals surface area contributed by atoms with Crippen LogP contribution in [0.4, 0.5) is 4.79 Å². The number of carbonyl (C=O) groups excluding carboxylic acids is 2. The minimum atomic E-state index is -0.328. The molecule has 0 aliphatic carbocycles. The number of benzene rings is 1. The molecule has 21 heavy (non-hydrogen) atoms. The maximum atomic E-state index is 11.5. The molecular weight excluding hydrogens is 346 g/mol. The minimum Gasteiger partial charge on any atom is -0.282 e. The number of carbonyl (C=O) groups is 2. The number of thioether (sulfide) groups is 1. The first-order chi connectivity index (χ1) is 10.1. The molecule has 0 radical (unpaired) electrons. The molecule has 1 saturated heterocycles. The summed E-state index contributed by atoms with van der Waals surface area (Å²) in [5, 5.41) is 2.63. The van der Waals surface area contributed by atoms with Gasteiger partial charge in [0.25, 0.3) is 11.1 Å². The van der Waals surface area contributed by atoms with Crippen molar-refractivity contribution in [2.75, 3.05) is 0 Å². The van der Waals surface area contributed by atoms with Crippen LogP contribution in [0.2, 0.25) is 5.02 Å². The van der Waals surface area contributed by atoms with Crippen LogP contribution < -0.4 is 5.32 Å². The van der Waals surface area contributed by atoms with Gasteiger partial charge in [-0.1, -0.05) is 23.4 Å². The molecule has 1 aromatic carbocycles. The maximum absolute atomic E-state index is 11.5. The summed E-state index contributed by atoms with van der Waals surface area (Å²) in [4.78, 5) is 25.1. The third-order valence-electron chi connectivity index (χ3n) is 2.55. The molecular formula is C14H8ClNO2S3. The van der Waals surface area contributed by atoms with Crippen LogP contribution in [0.5, 0.6) is 0 Å². The predicted molar refractivity (Wildman–Crippen MR) is 89.0 cm³/mol. The van der Waals surface area contributed by atoms with Crippen molar-refractivity contribution in [3.63, 3.8) is 0 Å². The van der Waals surface area contributed by atoms with Crippen molar-refractivity contribution in [1.29, 1.82) is 0 Å². The SMILES string of the molecule is O=C1NC(=O)/C(=C/c2ccc(Sc3ccc(Cl)cc3)s2)S1. The number of nitrogens with one attached hydrogen (secondary N) is 1. The Hall–Kier alpha value is -1.21. The lowest BCUT2D eigenvalue weighted by Crippen LogP contribution is -2.17. The van der Waals surface area contributed by atoms with Crippen LogP contribution in [0, 0.1) is 0 Å². The Bertz CT molecular complexity index is 737. The van der Waals surface area contributed by atoms with Gasteiger partial charge in [0, 0.05) is 14.8 Å². The van der Waals surface area contributed by atoms with Crippen LogP contribution in [0.15, 0.2) is 50.4 Å². The van der Waals surface area contributed by atoms with Crippen molar-refractivity contribution in [3.8, 4) is 0 Å². The highest BCUT2D eigenvalue weighted by Gasteiger charge is 2.25. The van der Waals surface area contributed by atoms with E-state index < -0.39 is 0 Å². The summed E-state index contributed by atoms with van der Waals surface area (Å²) in [5.41, 5.74) is 0. The van der Waals surface area contributed by atoms with E-state index in [9.17, 15) is 9.59 Å². The van der Waals surface area contributed by atoms with Gasteiger partial charge in [0.05, 0.1) is 9.11 Å². The molecule has 1 aromatic heterocycles. The van der Waals surface area contributed by atoms with E-state index in [1.165, 1.54) is 0 Å². The first kappa shape index (κ1) is 14.7. The molecule has 2 heterocycles. The number of rotatable bonds is 3. The number of imide groups is 1. The van der Waals surface area contributed by atoms with E-state index >= 15 is 0 Å². The van der Waals surface area contributed by atoms with Crippen molar-refractivity contribution in [3.05, 3.63) is 51.2 Å². The van der Waals surface area contributed by atoms with Crippen molar-refractivity contribution in [2.24, 2.45) is 0 Å².